The first-order valence-corrected chi connectivity index (χ1v) is 6.45. The Labute approximate surface area is 112 Å². The molecule has 1 fully saturated rings. The van der Waals surface area contributed by atoms with E-state index < -0.39 is 0 Å². The Morgan fingerprint density at radius 1 is 1.53 bits per heavy atom. The number of pyridine rings is 1. The largest absolute Gasteiger partial charge is 0.372 e. The van der Waals surface area contributed by atoms with Crippen LogP contribution in [0.3, 0.4) is 0 Å². The topological polar surface area (TPSA) is 91.3 Å². The molecule has 0 aromatic carbocycles. The monoisotopic (exact) mass is 265 g/mol. The molecular weight excluding hydrogens is 246 g/mol. The van der Waals surface area contributed by atoms with Crippen molar-refractivity contribution in [2.24, 2.45) is 5.73 Å². The van der Waals surface area contributed by atoms with Crippen LogP contribution in [-0.4, -0.2) is 22.1 Å². The van der Waals surface area contributed by atoms with Crippen LogP contribution in [0.4, 0.5) is 5.69 Å². The lowest BCUT2D eigenvalue weighted by atomic mass is 10.1. The number of ether oxygens (including phenoxy) is 1. The third kappa shape index (κ3) is 3.08. The van der Waals surface area contributed by atoms with Gasteiger partial charge in [0.2, 0.25) is 0 Å². The second-order valence-electron chi connectivity index (χ2n) is 5.12. The highest BCUT2D eigenvalue weighted by molar-refractivity contribution is 5.47. The van der Waals surface area contributed by atoms with Crippen molar-refractivity contribution in [1.29, 1.82) is 0 Å². The lowest BCUT2D eigenvalue weighted by Gasteiger charge is -2.13. The van der Waals surface area contributed by atoms with Crippen LogP contribution in [0.15, 0.2) is 6.20 Å². The quantitative estimate of drug-likeness (QED) is 0.664. The molecule has 2 N–H and O–H groups in total. The first-order valence-electron chi connectivity index (χ1n) is 6.45. The van der Waals surface area contributed by atoms with E-state index in [1.807, 2.05) is 0 Å². The maximum Gasteiger partial charge on any atom is 0.278 e. The molecule has 1 heterocycles. The van der Waals surface area contributed by atoms with Gasteiger partial charge in [-0.2, -0.15) is 0 Å². The van der Waals surface area contributed by atoms with E-state index in [1.54, 1.807) is 13.8 Å². The van der Waals surface area contributed by atoms with Crippen LogP contribution in [0, 0.1) is 24.0 Å². The van der Waals surface area contributed by atoms with Crippen LogP contribution < -0.4 is 5.73 Å². The molecule has 1 aliphatic rings. The number of nitrogens with two attached hydrogens (primary N) is 1. The molecule has 6 heteroatoms. The van der Waals surface area contributed by atoms with Crippen molar-refractivity contribution in [3.63, 3.8) is 0 Å². The molecule has 0 bridgehead atoms. The van der Waals surface area contributed by atoms with E-state index in [0.29, 0.717) is 23.4 Å². The van der Waals surface area contributed by atoms with Crippen molar-refractivity contribution >= 4 is 5.69 Å². The van der Waals surface area contributed by atoms with Crippen molar-refractivity contribution in [3.8, 4) is 0 Å². The Bertz CT molecular complexity index is 490. The smallest absolute Gasteiger partial charge is 0.278 e. The van der Waals surface area contributed by atoms with Gasteiger partial charge in [0, 0.05) is 17.8 Å². The summed E-state index contributed by atoms with van der Waals surface area (Å²) in [6.45, 7) is 3.72. The van der Waals surface area contributed by atoms with Crippen LogP contribution in [0.5, 0.6) is 0 Å². The van der Waals surface area contributed by atoms with Crippen molar-refractivity contribution in [2.45, 2.75) is 51.9 Å². The number of aryl methyl sites for hydroxylation is 1. The highest BCUT2D eigenvalue weighted by Gasteiger charge is 2.24. The molecule has 1 aliphatic carbocycles. The first-order chi connectivity index (χ1) is 8.99. The van der Waals surface area contributed by atoms with Crippen molar-refractivity contribution in [1.82, 2.24) is 4.98 Å². The summed E-state index contributed by atoms with van der Waals surface area (Å²) in [7, 11) is 0. The van der Waals surface area contributed by atoms with Gasteiger partial charge in [-0.15, -0.1) is 0 Å². The molecular formula is C13H19N3O3. The Kier molecular flexibility index (Phi) is 4.11. The van der Waals surface area contributed by atoms with Gasteiger partial charge in [0.25, 0.3) is 5.69 Å². The highest BCUT2D eigenvalue weighted by atomic mass is 16.6. The Balaban J connectivity index is 2.08. The number of nitro groups is 1. The van der Waals surface area contributed by atoms with E-state index in [0.717, 1.165) is 19.3 Å². The molecule has 0 spiro atoms. The van der Waals surface area contributed by atoms with Gasteiger partial charge in [-0.05, 0) is 33.1 Å². The molecule has 1 saturated carbocycles. The van der Waals surface area contributed by atoms with Gasteiger partial charge >= 0.3 is 0 Å². The van der Waals surface area contributed by atoms with Gasteiger partial charge in [-0.3, -0.25) is 15.1 Å². The lowest BCUT2D eigenvalue weighted by Crippen LogP contribution is -2.17. The standard InChI is InChI=1S/C13H19N3O3/c1-8-6-15-12(9(2)13(8)16(17)18)7-19-11-4-3-10(14)5-11/h6,10-11H,3-5,7,14H2,1-2H3. The third-order valence-corrected chi connectivity index (χ3v) is 3.64. The van der Waals surface area contributed by atoms with E-state index in [9.17, 15) is 10.1 Å². The van der Waals surface area contributed by atoms with Crippen LogP contribution in [0.25, 0.3) is 0 Å². The molecule has 2 rings (SSSR count). The first kappa shape index (κ1) is 13.9. The molecule has 0 radical (unpaired) electrons. The molecule has 0 amide bonds. The van der Waals surface area contributed by atoms with Gasteiger partial charge in [0.05, 0.1) is 28.9 Å². The van der Waals surface area contributed by atoms with Gasteiger partial charge in [-0.1, -0.05) is 0 Å². The fourth-order valence-corrected chi connectivity index (χ4v) is 2.51. The Morgan fingerprint density at radius 3 is 2.84 bits per heavy atom. The summed E-state index contributed by atoms with van der Waals surface area (Å²) >= 11 is 0. The van der Waals surface area contributed by atoms with Crippen molar-refractivity contribution in [2.75, 3.05) is 0 Å². The summed E-state index contributed by atoms with van der Waals surface area (Å²) in [5.41, 5.74) is 7.76. The lowest BCUT2D eigenvalue weighted by molar-refractivity contribution is -0.386. The predicted octanol–water partition coefficient (Wildman–Crippen LogP) is 2.00. The summed E-state index contributed by atoms with van der Waals surface area (Å²) in [5, 5.41) is 11.0. The van der Waals surface area contributed by atoms with E-state index in [2.05, 4.69) is 4.98 Å². The summed E-state index contributed by atoms with van der Waals surface area (Å²) < 4.78 is 5.75. The second kappa shape index (κ2) is 5.63. The normalized spacial score (nSPS) is 22.7. The zero-order chi connectivity index (χ0) is 14.0. The van der Waals surface area contributed by atoms with Gasteiger partial charge in [-0.25, -0.2) is 0 Å². The molecule has 0 saturated heterocycles. The number of aromatic nitrogens is 1. The van der Waals surface area contributed by atoms with E-state index in [1.165, 1.54) is 6.20 Å². The van der Waals surface area contributed by atoms with Crippen LogP contribution in [0.1, 0.15) is 36.1 Å². The van der Waals surface area contributed by atoms with Crippen molar-refractivity contribution < 1.29 is 9.66 Å². The maximum atomic E-state index is 11.0. The number of hydrogen-bond donors (Lipinski definition) is 1. The summed E-state index contributed by atoms with van der Waals surface area (Å²) in [4.78, 5) is 14.9. The summed E-state index contributed by atoms with van der Waals surface area (Å²) in [6.07, 6.45) is 4.47. The number of rotatable bonds is 4. The molecule has 6 nitrogen and oxygen atoms in total. The van der Waals surface area contributed by atoms with Crippen LogP contribution >= 0.6 is 0 Å². The van der Waals surface area contributed by atoms with E-state index in [4.69, 9.17) is 10.5 Å². The number of hydrogen-bond acceptors (Lipinski definition) is 5. The summed E-state index contributed by atoms with van der Waals surface area (Å²) in [5.74, 6) is 0. The zero-order valence-electron chi connectivity index (χ0n) is 11.3. The Hall–Kier alpha value is -1.53. The summed E-state index contributed by atoms with van der Waals surface area (Å²) in [6, 6.07) is 0.214. The molecule has 2 atom stereocenters. The fourth-order valence-electron chi connectivity index (χ4n) is 2.51. The maximum absolute atomic E-state index is 11.0. The fraction of sp³-hybridized carbons (Fsp3) is 0.615. The molecule has 1 aromatic heterocycles. The minimum Gasteiger partial charge on any atom is -0.372 e. The van der Waals surface area contributed by atoms with Crippen molar-refractivity contribution in [3.05, 3.63) is 33.1 Å². The molecule has 2 unspecified atom stereocenters. The highest BCUT2D eigenvalue weighted by Crippen LogP contribution is 2.26. The van der Waals surface area contributed by atoms with Crippen LogP contribution in [0.2, 0.25) is 0 Å². The molecule has 1 aromatic rings. The SMILES string of the molecule is Cc1cnc(COC2CCC(N)C2)c(C)c1[N+](=O)[O-]. The van der Waals surface area contributed by atoms with Crippen LogP contribution in [-0.2, 0) is 11.3 Å². The van der Waals surface area contributed by atoms with E-state index in [-0.39, 0.29) is 22.8 Å². The second-order valence-corrected chi connectivity index (χ2v) is 5.12. The Morgan fingerprint density at radius 2 is 2.26 bits per heavy atom. The average Bonchev–Trinajstić information content (AvgIpc) is 2.74. The number of nitrogens with zero attached hydrogens (tertiary/aromatic N) is 2. The minimum atomic E-state index is -0.360. The third-order valence-electron chi connectivity index (χ3n) is 3.64. The van der Waals surface area contributed by atoms with Gasteiger partial charge < -0.3 is 10.5 Å². The average molecular weight is 265 g/mol. The molecule has 104 valence electrons. The predicted molar refractivity (Wildman–Crippen MR) is 70.8 cm³/mol. The minimum absolute atomic E-state index is 0.136. The van der Waals surface area contributed by atoms with Gasteiger partial charge in [0.1, 0.15) is 0 Å². The molecule has 19 heavy (non-hydrogen) atoms. The van der Waals surface area contributed by atoms with E-state index >= 15 is 0 Å². The molecule has 0 aliphatic heterocycles. The zero-order valence-corrected chi connectivity index (χ0v) is 11.3. The van der Waals surface area contributed by atoms with Gasteiger partial charge in [0.15, 0.2) is 0 Å².